The molecule has 0 aliphatic carbocycles. The lowest BCUT2D eigenvalue weighted by Crippen LogP contribution is -2.47. The highest BCUT2D eigenvalue weighted by Gasteiger charge is 2.19. The summed E-state index contributed by atoms with van der Waals surface area (Å²) in [6.45, 7) is 5.18. The fourth-order valence-electron chi connectivity index (χ4n) is 2.72. The summed E-state index contributed by atoms with van der Waals surface area (Å²) in [4.78, 5) is 24.6. The first-order valence-corrected chi connectivity index (χ1v) is 9.00. The number of carbonyl (C=O) groups excluding carboxylic acids is 2. The molecule has 0 spiro atoms. The highest BCUT2D eigenvalue weighted by atomic mass is 19.1. The van der Waals surface area contributed by atoms with Crippen molar-refractivity contribution in [2.24, 2.45) is 0 Å². The molecule has 0 saturated heterocycles. The van der Waals surface area contributed by atoms with Gasteiger partial charge < -0.3 is 4.74 Å². The van der Waals surface area contributed by atoms with Crippen LogP contribution in [-0.2, 0) is 4.79 Å². The molecular formula is C21H21FN4O3. The van der Waals surface area contributed by atoms with Gasteiger partial charge in [-0.2, -0.15) is 5.10 Å². The number of halogens is 1. The molecule has 1 aromatic heterocycles. The third-order valence-corrected chi connectivity index (χ3v) is 4.31. The second kappa shape index (κ2) is 8.55. The molecule has 0 radical (unpaired) electrons. The van der Waals surface area contributed by atoms with E-state index >= 15 is 0 Å². The van der Waals surface area contributed by atoms with Crippen LogP contribution in [0.25, 0.3) is 5.69 Å². The number of nitrogens with one attached hydrogen (secondary N) is 2. The third-order valence-electron chi connectivity index (χ3n) is 4.31. The Hall–Kier alpha value is -3.68. The van der Waals surface area contributed by atoms with Gasteiger partial charge in [-0.05, 0) is 50.6 Å². The van der Waals surface area contributed by atoms with Crippen LogP contribution in [0.5, 0.6) is 5.75 Å². The number of aryl methyl sites for hydroxylation is 1. The fraction of sp³-hybridized carbons (Fsp3) is 0.190. The monoisotopic (exact) mass is 396 g/mol. The molecule has 2 N–H and O–H groups in total. The molecule has 0 aliphatic heterocycles. The molecule has 7 nitrogen and oxygen atoms in total. The quantitative estimate of drug-likeness (QED) is 0.650. The van der Waals surface area contributed by atoms with Gasteiger partial charge in [0.05, 0.1) is 23.1 Å². The summed E-state index contributed by atoms with van der Waals surface area (Å²) in [7, 11) is 0. The minimum absolute atomic E-state index is 0.0447. The number of ether oxygens (including phenoxy) is 1. The Morgan fingerprint density at radius 1 is 1.10 bits per heavy atom. The Morgan fingerprint density at radius 2 is 1.86 bits per heavy atom. The number of aromatic nitrogens is 2. The SMILES string of the molecule is Cc1cccc(-n2ncc(C(=O)NNC(=O)C(C)Oc3ccccc3F)c2C)c1. The Bertz CT molecular complexity index is 1050. The molecule has 0 saturated carbocycles. The molecular weight excluding hydrogens is 375 g/mol. The minimum atomic E-state index is -1.01. The van der Waals surface area contributed by atoms with Crippen molar-refractivity contribution in [3.63, 3.8) is 0 Å². The second-order valence-electron chi connectivity index (χ2n) is 6.53. The molecule has 1 unspecified atom stereocenters. The second-order valence-corrected chi connectivity index (χ2v) is 6.53. The zero-order valence-corrected chi connectivity index (χ0v) is 16.3. The molecule has 150 valence electrons. The van der Waals surface area contributed by atoms with Crippen LogP contribution in [0.3, 0.4) is 0 Å². The Labute approximate surface area is 167 Å². The number of carbonyl (C=O) groups is 2. The maximum Gasteiger partial charge on any atom is 0.279 e. The fourth-order valence-corrected chi connectivity index (χ4v) is 2.72. The minimum Gasteiger partial charge on any atom is -0.478 e. The third kappa shape index (κ3) is 4.60. The first-order chi connectivity index (χ1) is 13.9. The average Bonchev–Trinajstić information content (AvgIpc) is 3.09. The molecule has 0 fully saturated rings. The van der Waals surface area contributed by atoms with Crippen LogP contribution in [0, 0.1) is 19.7 Å². The summed E-state index contributed by atoms with van der Waals surface area (Å²) in [5, 5.41) is 4.25. The molecule has 0 bridgehead atoms. The molecule has 29 heavy (non-hydrogen) atoms. The van der Waals surface area contributed by atoms with Gasteiger partial charge >= 0.3 is 0 Å². The van der Waals surface area contributed by atoms with E-state index in [1.54, 1.807) is 17.7 Å². The van der Waals surface area contributed by atoms with Crippen molar-refractivity contribution in [3.05, 3.63) is 77.4 Å². The molecule has 0 aliphatic rings. The number of rotatable bonds is 5. The van der Waals surface area contributed by atoms with E-state index in [-0.39, 0.29) is 5.75 Å². The van der Waals surface area contributed by atoms with Crippen LogP contribution in [0.1, 0.15) is 28.5 Å². The number of para-hydroxylation sites is 1. The van der Waals surface area contributed by atoms with Crippen molar-refractivity contribution >= 4 is 11.8 Å². The van der Waals surface area contributed by atoms with Gasteiger partial charge in [-0.25, -0.2) is 9.07 Å². The van der Waals surface area contributed by atoms with Crippen LogP contribution in [0.2, 0.25) is 0 Å². The van der Waals surface area contributed by atoms with E-state index < -0.39 is 23.7 Å². The lowest BCUT2D eigenvalue weighted by atomic mass is 10.2. The summed E-state index contributed by atoms with van der Waals surface area (Å²) in [6.07, 6.45) is 0.418. The van der Waals surface area contributed by atoms with Gasteiger partial charge in [0.2, 0.25) is 0 Å². The lowest BCUT2D eigenvalue weighted by Gasteiger charge is -2.15. The maximum atomic E-state index is 13.6. The highest BCUT2D eigenvalue weighted by Crippen LogP contribution is 2.17. The van der Waals surface area contributed by atoms with Gasteiger partial charge in [0.1, 0.15) is 0 Å². The zero-order valence-electron chi connectivity index (χ0n) is 16.3. The summed E-state index contributed by atoms with van der Waals surface area (Å²) >= 11 is 0. The smallest absolute Gasteiger partial charge is 0.279 e. The van der Waals surface area contributed by atoms with Crippen molar-refractivity contribution in [2.45, 2.75) is 26.9 Å². The van der Waals surface area contributed by atoms with Crippen molar-refractivity contribution < 1.29 is 18.7 Å². The van der Waals surface area contributed by atoms with Gasteiger partial charge in [-0.3, -0.25) is 20.4 Å². The molecule has 1 atom stereocenters. The number of benzene rings is 2. The standard InChI is InChI=1S/C21H21FN4O3/c1-13-7-6-8-16(11-13)26-14(2)17(12-23-26)21(28)25-24-20(27)15(3)29-19-10-5-4-9-18(19)22/h4-12,15H,1-3H3,(H,24,27)(H,25,28). The van der Waals surface area contributed by atoms with Crippen LogP contribution < -0.4 is 15.6 Å². The predicted molar refractivity (Wildman–Crippen MR) is 105 cm³/mol. The number of hydrazine groups is 1. The van der Waals surface area contributed by atoms with E-state index in [9.17, 15) is 14.0 Å². The molecule has 2 amide bonds. The summed E-state index contributed by atoms with van der Waals surface area (Å²) < 4.78 is 20.6. The normalized spacial score (nSPS) is 11.6. The molecule has 2 aromatic carbocycles. The van der Waals surface area contributed by atoms with Gasteiger partial charge in [0, 0.05) is 0 Å². The van der Waals surface area contributed by atoms with Crippen molar-refractivity contribution in [3.8, 4) is 11.4 Å². The summed E-state index contributed by atoms with van der Waals surface area (Å²) in [5.41, 5.74) is 7.45. The zero-order chi connectivity index (χ0) is 21.0. The Balaban J connectivity index is 1.62. The first kappa shape index (κ1) is 20.1. The van der Waals surface area contributed by atoms with Gasteiger partial charge in [0.25, 0.3) is 11.8 Å². The van der Waals surface area contributed by atoms with Gasteiger partial charge in [-0.15, -0.1) is 0 Å². The highest BCUT2D eigenvalue weighted by molar-refractivity contribution is 5.96. The van der Waals surface area contributed by atoms with Crippen LogP contribution in [0.15, 0.2) is 54.7 Å². The first-order valence-electron chi connectivity index (χ1n) is 9.00. The van der Waals surface area contributed by atoms with E-state index in [1.165, 1.54) is 31.3 Å². The summed E-state index contributed by atoms with van der Waals surface area (Å²) in [5.74, 6) is -1.76. The topological polar surface area (TPSA) is 85.3 Å². The van der Waals surface area contributed by atoms with Crippen LogP contribution >= 0.6 is 0 Å². The van der Waals surface area contributed by atoms with Crippen molar-refractivity contribution in [1.29, 1.82) is 0 Å². The van der Waals surface area contributed by atoms with Crippen molar-refractivity contribution in [2.75, 3.05) is 0 Å². The van der Waals surface area contributed by atoms with E-state index in [1.807, 2.05) is 31.2 Å². The van der Waals surface area contributed by atoms with E-state index in [2.05, 4.69) is 16.0 Å². The predicted octanol–water partition coefficient (Wildman–Crippen LogP) is 2.86. The number of hydrogen-bond donors (Lipinski definition) is 2. The lowest BCUT2D eigenvalue weighted by molar-refractivity contribution is -0.128. The van der Waals surface area contributed by atoms with Crippen LogP contribution in [-0.4, -0.2) is 27.7 Å². The average molecular weight is 396 g/mol. The number of amides is 2. The van der Waals surface area contributed by atoms with Crippen molar-refractivity contribution in [1.82, 2.24) is 20.6 Å². The largest absolute Gasteiger partial charge is 0.478 e. The van der Waals surface area contributed by atoms with Crippen LogP contribution in [0.4, 0.5) is 4.39 Å². The number of hydrogen-bond acceptors (Lipinski definition) is 4. The number of nitrogens with zero attached hydrogens (tertiary/aromatic N) is 2. The maximum absolute atomic E-state index is 13.6. The van der Waals surface area contributed by atoms with E-state index in [4.69, 9.17) is 4.74 Å². The Kier molecular flexibility index (Phi) is 5.92. The molecule has 3 aromatic rings. The summed E-state index contributed by atoms with van der Waals surface area (Å²) in [6, 6.07) is 13.5. The van der Waals surface area contributed by atoms with E-state index in [0.29, 0.717) is 11.3 Å². The molecule has 3 rings (SSSR count). The molecule has 1 heterocycles. The van der Waals surface area contributed by atoms with Gasteiger partial charge in [-0.1, -0.05) is 24.3 Å². The van der Waals surface area contributed by atoms with E-state index in [0.717, 1.165) is 11.3 Å². The molecule has 8 heteroatoms. The van der Waals surface area contributed by atoms with Gasteiger partial charge in [0.15, 0.2) is 17.7 Å². The Morgan fingerprint density at radius 3 is 2.59 bits per heavy atom.